The molecule has 9 heteroatoms. The summed E-state index contributed by atoms with van der Waals surface area (Å²) in [7, 11) is -2.00. The summed E-state index contributed by atoms with van der Waals surface area (Å²) in [6.07, 6.45) is 0.862. The highest BCUT2D eigenvalue weighted by atomic mass is 32.2. The van der Waals surface area contributed by atoms with Crippen molar-refractivity contribution in [1.82, 2.24) is 4.31 Å². The van der Waals surface area contributed by atoms with E-state index < -0.39 is 16.1 Å². The number of nitrogens with zero attached hydrogens (tertiary/aromatic N) is 2. The molecule has 2 aliphatic heterocycles. The first kappa shape index (κ1) is 23.3. The maximum absolute atomic E-state index is 13.2. The number of carbonyl (C=O) groups excluding carboxylic acids is 2. The van der Waals surface area contributed by atoms with E-state index in [0.717, 1.165) is 11.3 Å². The highest BCUT2D eigenvalue weighted by molar-refractivity contribution is 7.89. The van der Waals surface area contributed by atoms with Gasteiger partial charge in [-0.1, -0.05) is 19.1 Å². The molecule has 0 saturated carbocycles. The smallest absolute Gasteiger partial charge is 0.265 e. The van der Waals surface area contributed by atoms with Gasteiger partial charge in [0.25, 0.3) is 5.91 Å². The fraction of sp³-hybridized carbons (Fsp3) is 0.417. The number of piperidine rings is 1. The van der Waals surface area contributed by atoms with Crippen LogP contribution in [0.3, 0.4) is 0 Å². The number of nitrogens with one attached hydrogen (secondary N) is 1. The number of ether oxygens (including phenoxy) is 1. The first-order valence-electron chi connectivity index (χ1n) is 11.2. The van der Waals surface area contributed by atoms with Gasteiger partial charge in [-0.15, -0.1) is 0 Å². The minimum Gasteiger partial charge on any atom is -0.478 e. The van der Waals surface area contributed by atoms with Gasteiger partial charge in [0, 0.05) is 31.7 Å². The van der Waals surface area contributed by atoms with Crippen LogP contribution in [0.4, 0.5) is 11.4 Å². The Morgan fingerprint density at radius 2 is 1.91 bits per heavy atom. The number of amides is 2. The summed E-state index contributed by atoms with van der Waals surface area (Å²) in [6, 6.07) is 12.3. The zero-order chi connectivity index (χ0) is 23.8. The van der Waals surface area contributed by atoms with E-state index in [2.05, 4.69) is 5.32 Å². The second-order valence-corrected chi connectivity index (χ2v) is 10.5. The lowest BCUT2D eigenvalue weighted by Gasteiger charge is -2.33. The number of fused-ring (bicyclic) bond motifs is 1. The molecule has 2 aromatic carbocycles. The molecule has 0 radical (unpaired) electrons. The van der Waals surface area contributed by atoms with Crippen LogP contribution in [0.1, 0.15) is 31.7 Å². The number of aryl methyl sites for hydroxylation is 1. The maximum atomic E-state index is 13.2. The third kappa shape index (κ3) is 4.60. The molecule has 0 aromatic heterocycles. The molecule has 2 aromatic rings. The Kier molecular flexibility index (Phi) is 6.45. The summed E-state index contributed by atoms with van der Waals surface area (Å²) in [5, 5.41) is 2.73. The molecule has 1 N–H and O–H groups in total. The van der Waals surface area contributed by atoms with Crippen molar-refractivity contribution in [3.05, 3.63) is 48.0 Å². The minimum atomic E-state index is -3.76. The molecule has 0 aliphatic carbocycles. The van der Waals surface area contributed by atoms with Gasteiger partial charge in [-0.25, -0.2) is 8.42 Å². The largest absolute Gasteiger partial charge is 0.478 e. The number of benzene rings is 2. The second kappa shape index (κ2) is 9.15. The normalized spacial score (nSPS) is 19.4. The summed E-state index contributed by atoms with van der Waals surface area (Å²) in [4.78, 5) is 26.8. The summed E-state index contributed by atoms with van der Waals surface area (Å²) >= 11 is 0. The zero-order valence-electron chi connectivity index (χ0n) is 19.1. The topological polar surface area (TPSA) is 96.0 Å². The van der Waals surface area contributed by atoms with Crippen LogP contribution >= 0.6 is 0 Å². The van der Waals surface area contributed by atoms with Gasteiger partial charge in [0.15, 0.2) is 6.10 Å². The van der Waals surface area contributed by atoms with Crippen LogP contribution in [0.15, 0.2) is 47.4 Å². The van der Waals surface area contributed by atoms with Crippen molar-refractivity contribution in [2.75, 3.05) is 30.4 Å². The molecule has 1 unspecified atom stereocenters. The van der Waals surface area contributed by atoms with E-state index >= 15 is 0 Å². The lowest BCUT2D eigenvalue weighted by atomic mass is 9.96. The number of hydrogen-bond acceptors (Lipinski definition) is 5. The Bertz CT molecular complexity index is 1170. The molecule has 4 rings (SSSR count). The molecule has 8 nitrogen and oxygen atoms in total. The second-order valence-electron chi connectivity index (χ2n) is 8.58. The molecular weight excluding hydrogens is 442 g/mol. The first-order valence-corrected chi connectivity index (χ1v) is 12.6. The molecule has 1 saturated heterocycles. The van der Waals surface area contributed by atoms with E-state index in [0.29, 0.717) is 30.7 Å². The Morgan fingerprint density at radius 3 is 2.58 bits per heavy atom. The monoisotopic (exact) mass is 471 g/mol. The van der Waals surface area contributed by atoms with Gasteiger partial charge in [0.05, 0.1) is 10.6 Å². The number of rotatable bonds is 5. The average molecular weight is 472 g/mol. The molecule has 33 heavy (non-hydrogen) atoms. The Hall–Kier alpha value is -2.91. The van der Waals surface area contributed by atoms with Crippen LogP contribution in [-0.2, 0) is 19.6 Å². The van der Waals surface area contributed by atoms with Gasteiger partial charge in [-0.05, 0) is 62.1 Å². The van der Waals surface area contributed by atoms with Gasteiger partial charge in [0.2, 0.25) is 15.9 Å². The predicted octanol–water partition coefficient (Wildman–Crippen LogP) is 3.17. The van der Waals surface area contributed by atoms with Gasteiger partial charge in [-0.2, -0.15) is 4.31 Å². The Balaban J connectivity index is 1.44. The quantitative estimate of drug-likeness (QED) is 0.723. The van der Waals surface area contributed by atoms with Crippen molar-refractivity contribution in [1.29, 1.82) is 0 Å². The molecule has 2 aliphatic rings. The van der Waals surface area contributed by atoms with Crippen molar-refractivity contribution >= 4 is 33.2 Å². The lowest BCUT2D eigenvalue weighted by Crippen LogP contribution is -2.43. The van der Waals surface area contributed by atoms with E-state index in [1.165, 1.54) is 16.4 Å². The molecule has 0 bridgehead atoms. The van der Waals surface area contributed by atoms with Gasteiger partial charge >= 0.3 is 0 Å². The van der Waals surface area contributed by atoms with Crippen molar-refractivity contribution in [2.24, 2.45) is 5.92 Å². The van der Waals surface area contributed by atoms with Gasteiger partial charge in [-0.3, -0.25) is 9.59 Å². The van der Waals surface area contributed by atoms with Crippen molar-refractivity contribution in [2.45, 2.75) is 44.1 Å². The van der Waals surface area contributed by atoms with E-state index in [1.807, 2.05) is 38.1 Å². The SMILES string of the molecule is CCC1Oc2ccc(S(=O)(=O)N3CCC(C(=O)N(C)c4cccc(C)c4)CC3)cc2NC1=O. The predicted molar refractivity (Wildman–Crippen MR) is 126 cm³/mol. The molecule has 2 heterocycles. The Labute approximate surface area is 194 Å². The van der Waals surface area contributed by atoms with Gasteiger partial charge in [0.1, 0.15) is 5.75 Å². The Morgan fingerprint density at radius 1 is 1.18 bits per heavy atom. The third-order valence-electron chi connectivity index (χ3n) is 6.30. The summed E-state index contributed by atoms with van der Waals surface area (Å²) in [5.74, 6) is -0.0542. The summed E-state index contributed by atoms with van der Waals surface area (Å²) < 4.78 is 33.5. The fourth-order valence-electron chi connectivity index (χ4n) is 4.29. The third-order valence-corrected chi connectivity index (χ3v) is 8.20. The highest BCUT2D eigenvalue weighted by Crippen LogP contribution is 2.34. The number of carbonyl (C=O) groups is 2. The minimum absolute atomic E-state index is 0.00299. The first-order chi connectivity index (χ1) is 15.7. The van der Waals surface area contributed by atoms with Crippen LogP contribution < -0.4 is 15.0 Å². The number of anilines is 2. The van der Waals surface area contributed by atoms with E-state index in [9.17, 15) is 18.0 Å². The van der Waals surface area contributed by atoms with Crippen LogP contribution in [0.2, 0.25) is 0 Å². The van der Waals surface area contributed by atoms with E-state index in [-0.39, 0.29) is 35.7 Å². The van der Waals surface area contributed by atoms with Crippen molar-refractivity contribution in [3.63, 3.8) is 0 Å². The van der Waals surface area contributed by atoms with E-state index in [4.69, 9.17) is 4.74 Å². The standard InChI is InChI=1S/C24H29N3O5S/c1-4-21-23(28)25-20-15-19(8-9-22(20)32-21)33(30,31)27-12-10-17(11-13-27)24(29)26(3)18-7-5-6-16(2)14-18/h5-9,14-15,17,21H,4,10-13H2,1-3H3,(H,25,28). The number of hydrogen-bond donors (Lipinski definition) is 1. The van der Waals surface area contributed by atoms with Crippen LogP contribution in [0, 0.1) is 12.8 Å². The zero-order valence-corrected chi connectivity index (χ0v) is 19.9. The molecule has 176 valence electrons. The average Bonchev–Trinajstić information content (AvgIpc) is 2.82. The van der Waals surface area contributed by atoms with Crippen molar-refractivity contribution < 1.29 is 22.7 Å². The van der Waals surface area contributed by atoms with E-state index in [1.54, 1.807) is 18.0 Å². The van der Waals surface area contributed by atoms with Crippen LogP contribution in [-0.4, -0.2) is 50.8 Å². The summed E-state index contributed by atoms with van der Waals surface area (Å²) in [5.41, 5.74) is 2.26. The fourth-order valence-corrected chi connectivity index (χ4v) is 5.79. The molecule has 1 atom stereocenters. The molecule has 1 fully saturated rings. The van der Waals surface area contributed by atoms with Crippen LogP contribution in [0.5, 0.6) is 5.75 Å². The highest BCUT2D eigenvalue weighted by Gasteiger charge is 2.34. The molecule has 2 amide bonds. The van der Waals surface area contributed by atoms with Crippen LogP contribution in [0.25, 0.3) is 0 Å². The maximum Gasteiger partial charge on any atom is 0.265 e. The number of sulfonamides is 1. The van der Waals surface area contributed by atoms with Crippen molar-refractivity contribution in [3.8, 4) is 5.75 Å². The molecular formula is C24H29N3O5S. The molecule has 0 spiro atoms. The van der Waals surface area contributed by atoms with Gasteiger partial charge < -0.3 is 15.0 Å². The summed E-state index contributed by atoms with van der Waals surface area (Å²) in [6.45, 7) is 4.35. The lowest BCUT2D eigenvalue weighted by molar-refractivity contribution is -0.124.